The van der Waals surface area contributed by atoms with Gasteiger partial charge in [0.25, 0.3) is 0 Å². The Morgan fingerprint density at radius 2 is 1.47 bits per heavy atom. The standard InChI is InChI=1S/C24H34N2O4Si.HI/c1-5-24(27)25-21-15-17-23(18-16-21)26(22-13-10-9-11-14-22)19-12-20-31(28-6-2,29-7-3)30-8-4;/h5,9-11,13-18H,1,6-8,12,19-20H2,2-4H3,(H,25,27);1H. The van der Waals surface area contributed by atoms with Gasteiger partial charge in [0.2, 0.25) is 5.91 Å². The van der Waals surface area contributed by atoms with Crippen molar-refractivity contribution in [2.24, 2.45) is 0 Å². The summed E-state index contributed by atoms with van der Waals surface area (Å²) in [5, 5.41) is 2.78. The smallest absolute Gasteiger partial charge is 0.374 e. The number of anilines is 3. The first kappa shape index (κ1) is 28.3. The molecule has 0 atom stereocenters. The van der Waals surface area contributed by atoms with Gasteiger partial charge in [-0.25, -0.2) is 0 Å². The molecule has 6 nitrogen and oxygen atoms in total. The van der Waals surface area contributed by atoms with Gasteiger partial charge in [0.05, 0.1) is 0 Å². The number of hydrogen-bond acceptors (Lipinski definition) is 5. The Hall–Kier alpha value is -1.72. The average molecular weight is 571 g/mol. The van der Waals surface area contributed by atoms with Crippen LogP contribution in [0.5, 0.6) is 0 Å². The molecule has 0 heterocycles. The predicted molar refractivity (Wildman–Crippen MR) is 144 cm³/mol. The third-order valence-electron chi connectivity index (χ3n) is 4.66. The number of halogens is 1. The van der Waals surface area contributed by atoms with E-state index >= 15 is 0 Å². The van der Waals surface area contributed by atoms with Crippen molar-refractivity contribution in [1.29, 1.82) is 0 Å². The van der Waals surface area contributed by atoms with Crippen LogP contribution in [0.2, 0.25) is 6.04 Å². The second-order valence-electron chi connectivity index (χ2n) is 6.81. The maximum Gasteiger partial charge on any atom is 0.500 e. The lowest BCUT2D eigenvalue weighted by Gasteiger charge is -2.30. The fourth-order valence-corrected chi connectivity index (χ4v) is 5.98. The van der Waals surface area contributed by atoms with E-state index in [1.54, 1.807) is 0 Å². The van der Waals surface area contributed by atoms with Crippen molar-refractivity contribution in [2.45, 2.75) is 33.2 Å². The van der Waals surface area contributed by atoms with Crippen molar-refractivity contribution in [3.05, 3.63) is 67.3 Å². The third kappa shape index (κ3) is 8.66. The Balaban J connectivity index is 0.00000512. The van der Waals surface area contributed by atoms with Crippen molar-refractivity contribution in [2.75, 3.05) is 36.6 Å². The van der Waals surface area contributed by atoms with Crippen molar-refractivity contribution in [3.63, 3.8) is 0 Å². The van der Waals surface area contributed by atoms with Crippen LogP contribution in [-0.4, -0.2) is 41.1 Å². The van der Waals surface area contributed by atoms with Gasteiger partial charge in [-0.05, 0) is 69.7 Å². The third-order valence-corrected chi connectivity index (χ3v) is 7.81. The summed E-state index contributed by atoms with van der Waals surface area (Å²) in [5.41, 5.74) is 2.87. The summed E-state index contributed by atoms with van der Waals surface area (Å²) in [5.74, 6) is -0.225. The van der Waals surface area contributed by atoms with Crippen LogP contribution in [0.15, 0.2) is 67.3 Å². The van der Waals surface area contributed by atoms with E-state index in [0.29, 0.717) is 19.8 Å². The van der Waals surface area contributed by atoms with Gasteiger partial charge >= 0.3 is 8.80 Å². The Labute approximate surface area is 210 Å². The summed E-state index contributed by atoms with van der Waals surface area (Å²) in [7, 11) is -2.68. The van der Waals surface area contributed by atoms with Crippen molar-refractivity contribution in [3.8, 4) is 0 Å². The van der Waals surface area contributed by atoms with Crippen LogP contribution >= 0.6 is 24.0 Å². The highest BCUT2D eigenvalue weighted by Crippen LogP contribution is 2.28. The van der Waals surface area contributed by atoms with Gasteiger partial charge in [-0.1, -0.05) is 24.8 Å². The lowest BCUT2D eigenvalue weighted by atomic mass is 10.2. The first-order valence-corrected chi connectivity index (χ1v) is 12.8. The minimum absolute atomic E-state index is 0. The molecule has 176 valence electrons. The van der Waals surface area contributed by atoms with Crippen LogP contribution in [0.1, 0.15) is 27.2 Å². The molecular formula is C24H35IN2O4Si. The highest BCUT2D eigenvalue weighted by Gasteiger charge is 2.39. The van der Waals surface area contributed by atoms with E-state index in [1.807, 2.05) is 63.2 Å². The molecule has 2 aromatic rings. The summed E-state index contributed by atoms with van der Waals surface area (Å²) in [4.78, 5) is 13.8. The van der Waals surface area contributed by atoms with Crippen molar-refractivity contribution < 1.29 is 18.1 Å². The van der Waals surface area contributed by atoms with Crippen molar-refractivity contribution in [1.82, 2.24) is 0 Å². The molecule has 2 rings (SSSR count). The fourth-order valence-electron chi connectivity index (χ4n) is 3.39. The summed E-state index contributed by atoms with van der Waals surface area (Å²) < 4.78 is 18.0. The lowest BCUT2D eigenvalue weighted by molar-refractivity contribution is -0.111. The highest BCUT2D eigenvalue weighted by molar-refractivity contribution is 14.0. The van der Waals surface area contributed by atoms with E-state index in [-0.39, 0.29) is 29.9 Å². The maximum absolute atomic E-state index is 11.5. The monoisotopic (exact) mass is 570 g/mol. The van der Waals surface area contributed by atoms with Crippen LogP contribution in [0, 0.1) is 0 Å². The molecular weight excluding hydrogens is 535 g/mol. The molecule has 0 fully saturated rings. The predicted octanol–water partition coefficient (Wildman–Crippen LogP) is 6.01. The van der Waals surface area contributed by atoms with Gasteiger partial charge in [-0.3, -0.25) is 4.79 Å². The normalized spacial score (nSPS) is 10.8. The van der Waals surface area contributed by atoms with E-state index in [1.165, 1.54) is 6.08 Å². The molecule has 2 aromatic carbocycles. The molecule has 0 saturated carbocycles. The zero-order valence-electron chi connectivity index (χ0n) is 19.2. The largest absolute Gasteiger partial charge is 0.500 e. The Morgan fingerprint density at radius 3 is 1.97 bits per heavy atom. The molecule has 0 aliphatic heterocycles. The van der Waals surface area contributed by atoms with Gasteiger partial charge in [-0.2, -0.15) is 0 Å². The number of carbonyl (C=O) groups excluding carboxylic acids is 1. The molecule has 0 aromatic heterocycles. The minimum Gasteiger partial charge on any atom is -0.374 e. The van der Waals surface area contributed by atoms with E-state index < -0.39 is 8.80 Å². The second kappa shape index (κ2) is 15.2. The number of hydrogen-bond donors (Lipinski definition) is 1. The van der Waals surface area contributed by atoms with Gasteiger partial charge < -0.3 is 23.5 Å². The molecule has 1 N–H and O–H groups in total. The molecule has 0 aliphatic carbocycles. The molecule has 1 amide bonds. The van der Waals surface area contributed by atoms with Crippen LogP contribution in [0.3, 0.4) is 0 Å². The zero-order valence-corrected chi connectivity index (χ0v) is 22.5. The van der Waals surface area contributed by atoms with E-state index in [4.69, 9.17) is 13.3 Å². The van der Waals surface area contributed by atoms with E-state index in [9.17, 15) is 4.79 Å². The number of carbonyl (C=O) groups is 1. The second-order valence-corrected chi connectivity index (χ2v) is 9.55. The quantitative estimate of drug-likeness (QED) is 0.171. The first-order chi connectivity index (χ1) is 15.1. The number of amides is 1. The number of para-hydroxylation sites is 1. The molecule has 0 radical (unpaired) electrons. The van der Waals surface area contributed by atoms with Crippen molar-refractivity contribution >= 4 is 55.8 Å². The highest BCUT2D eigenvalue weighted by atomic mass is 127. The van der Waals surface area contributed by atoms with Gasteiger partial charge in [0.1, 0.15) is 0 Å². The molecule has 0 bridgehead atoms. The van der Waals surface area contributed by atoms with Crippen LogP contribution in [0.4, 0.5) is 17.1 Å². The van der Waals surface area contributed by atoms with Gasteiger partial charge in [0.15, 0.2) is 0 Å². The van der Waals surface area contributed by atoms with E-state index in [2.05, 4.69) is 28.9 Å². The first-order valence-electron chi connectivity index (χ1n) is 10.8. The Bertz CT molecular complexity index is 788. The maximum atomic E-state index is 11.5. The molecule has 8 heteroatoms. The molecule has 0 unspecified atom stereocenters. The number of nitrogens with one attached hydrogen (secondary N) is 1. The van der Waals surface area contributed by atoms with Crippen LogP contribution in [0.25, 0.3) is 0 Å². The average Bonchev–Trinajstić information content (AvgIpc) is 2.78. The number of rotatable bonds is 14. The lowest BCUT2D eigenvalue weighted by Crippen LogP contribution is -2.46. The molecule has 0 spiro atoms. The van der Waals surface area contributed by atoms with Gasteiger partial charge in [-0.15, -0.1) is 24.0 Å². The van der Waals surface area contributed by atoms with Crippen LogP contribution in [-0.2, 0) is 18.1 Å². The Morgan fingerprint density at radius 1 is 0.938 bits per heavy atom. The van der Waals surface area contributed by atoms with Gasteiger partial charge in [0, 0.05) is 49.5 Å². The minimum atomic E-state index is -2.68. The summed E-state index contributed by atoms with van der Waals surface area (Å²) >= 11 is 0. The molecule has 0 aliphatic rings. The summed E-state index contributed by atoms with van der Waals surface area (Å²) in [6.45, 7) is 11.9. The van der Waals surface area contributed by atoms with E-state index in [0.717, 1.165) is 36.1 Å². The molecule has 32 heavy (non-hydrogen) atoms. The topological polar surface area (TPSA) is 60.0 Å². The zero-order chi connectivity index (χ0) is 22.5. The summed E-state index contributed by atoms with van der Waals surface area (Å²) in [6.07, 6.45) is 2.12. The number of benzene rings is 2. The summed E-state index contributed by atoms with van der Waals surface area (Å²) in [6, 6.07) is 18.8. The Kier molecular flexibility index (Phi) is 13.4. The number of nitrogens with zero attached hydrogens (tertiary/aromatic N) is 1. The van der Waals surface area contributed by atoms with Crippen LogP contribution < -0.4 is 10.2 Å². The fraction of sp³-hybridized carbons (Fsp3) is 0.375. The SMILES string of the molecule is C=CC(=O)Nc1ccc(N(CCC[Si](OCC)(OCC)OCC)c2ccccc2)cc1.I. The molecule has 0 saturated heterocycles.